The Morgan fingerprint density at radius 1 is 0.860 bits per heavy atom. The Morgan fingerprint density at radius 2 is 1.49 bits per heavy atom. The number of carbonyl (C=O) groups is 1. The van der Waals surface area contributed by atoms with E-state index in [9.17, 15) is 4.79 Å². The lowest BCUT2D eigenvalue weighted by Gasteiger charge is -2.46. The van der Waals surface area contributed by atoms with Crippen molar-refractivity contribution in [3.63, 3.8) is 0 Å². The van der Waals surface area contributed by atoms with Crippen LogP contribution >= 0.6 is 0 Å². The number of hydrogen-bond acceptors (Lipinski definition) is 3. The minimum Gasteiger partial charge on any atom is -0.342 e. The highest BCUT2D eigenvalue weighted by atomic mass is 16.2. The van der Waals surface area contributed by atoms with Crippen LogP contribution in [0.25, 0.3) is 11.0 Å². The number of aryl methyl sites for hydroxylation is 1. The molecule has 3 aromatic carbocycles. The van der Waals surface area contributed by atoms with Crippen LogP contribution in [0, 0.1) is 12.8 Å². The predicted molar refractivity (Wildman–Crippen MR) is 174 cm³/mol. The fourth-order valence-electron chi connectivity index (χ4n) is 8.79. The minimum absolute atomic E-state index is 0.0137. The average molecular weight is 575 g/mol. The van der Waals surface area contributed by atoms with Gasteiger partial charge in [0.25, 0.3) is 0 Å². The Morgan fingerprint density at radius 3 is 2.19 bits per heavy atom. The van der Waals surface area contributed by atoms with Crippen molar-refractivity contribution in [2.45, 2.75) is 88.8 Å². The van der Waals surface area contributed by atoms with Crippen LogP contribution in [0.1, 0.15) is 74.9 Å². The zero-order valence-electron chi connectivity index (χ0n) is 25.9. The number of likely N-dealkylation sites (tertiary alicyclic amines) is 1. The highest BCUT2D eigenvalue weighted by Gasteiger charge is 2.44. The largest absolute Gasteiger partial charge is 0.342 e. The summed E-state index contributed by atoms with van der Waals surface area (Å²) in [7, 11) is 0. The quantitative estimate of drug-likeness (QED) is 0.221. The molecule has 1 aromatic heterocycles. The number of benzene rings is 3. The summed E-state index contributed by atoms with van der Waals surface area (Å²) in [5.41, 5.74) is 5.25. The number of rotatable bonds is 8. The van der Waals surface area contributed by atoms with Gasteiger partial charge in [-0.3, -0.25) is 9.69 Å². The van der Waals surface area contributed by atoms with Crippen molar-refractivity contribution in [1.29, 1.82) is 0 Å². The van der Waals surface area contributed by atoms with Gasteiger partial charge in [-0.05, 0) is 93.5 Å². The normalized spacial score (nSPS) is 24.3. The Kier molecular flexibility index (Phi) is 7.85. The Balaban J connectivity index is 1.03. The third-order valence-corrected chi connectivity index (χ3v) is 11.1. The van der Waals surface area contributed by atoms with Gasteiger partial charge in [-0.25, -0.2) is 4.98 Å². The third kappa shape index (κ3) is 5.53. The fourth-order valence-corrected chi connectivity index (χ4v) is 8.79. The van der Waals surface area contributed by atoms with E-state index in [1.807, 2.05) is 6.07 Å². The van der Waals surface area contributed by atoms with E-state index in [-0.39, 0.29) is 11.3 Å². The molecule has 4 atom stereocenters. The summed E-state index contributed by atoms with van der Waals surface area (Å²) >= 11 is 0. The van der Waals surface area contributed by atoms with Crippen molar-refractivity contribution in [3.05, 3.63) is 102 Å². The molecule has 0 aliphatic carbocycles. The van der Waals surface area contributed by atoms with E-state index in [2.05, 4.69) is 107 Å². The van der Waals surface area contributed by atoms with Gasteiger partial charge in [0, 0.05) is 37.1 Å². The van der Waals surface area contributed by atoms with Crippen LogP contribution in [-0.2, 0) is 16.6 Å². The van der Waals surface area contributed by atoms with Gasteiger partial charge in [-0.1, -0.05) is 79.7 Å². The molecule has 0 spiro atoms. The monoisotopic (exact) mass is 574 g/mol. The maximum Gasteiger partial charge on any atom is 0.225 e. The van der Waals surface area contributed by atoms with E-state index < -0.39 is 0 Å². The number of fused-ring (bicyclic) bond motifs is 3. The van der Waals surface area contributed by atoms with Gasteiger partial charge in [0.2, 0.25) is 5.91 Å². The number of piperidine rings is 2. The average Bonchev–Trinajstić information content (AvgIpc) is 3.51. The fraction of sp³-hybridized carbons (Fsp3) is 0.474. The molecule has 3 aliphatic rings. The second-order valence-corrected chi connectivity index (χ2v) is 13.6. The van der Waals surface area contributed by atoms with Gasteiger partial charge in [0.1, 0.15) is 5.82 Å². The molecule has 4 aromatic rings. The first-order valence-electron chi connectivity index (χ1n) is 16.6. The number of nitrogens with zero attached hydrogens (tertiary/aromatic N) is 4. The molecule has 7 rings (SSSR count). The van der Waals surface area contributed by atoms with Crippen molar-refractivity contribution < 1.29 is 4.79 Å². The van der Waals surface area contributed by atoms with E-state index in [1.165, 1.54) is 48.7 Å². The molecule has 0 saturated carbocycles. The molecule has 0 N–H and O–H groups in total. The van der Waals surface area contributed by atoms with Crippen LogP contribution < -0.4 is 0 Å². The highest BCUT2D eigenvalue weighted by molar-refractivity contribution is 5.79. The maximum absolute atomic E-state index is 13.5. The van der Waals surface area contributed by atoms with E-state index in [1.54, 1.807) is 0 Å². The lowest BCUT2D eigenvalue weighted by atomic mass is 9.70. The standard InChI is InChI=1S/C38H46N4O/c1-28(25-30-11-5-3-6-12-30)37(43)40-22-19-38(20-23-40,31-13-7-4-8-14-31)21-24-41-32-17-18-33(41)27-34(26-32)42-29(2)39-35-15-9-10-16-36(35)42/h3-16,28,32-34H,17-27H2,1-2H3/t28?,32-,33+,34?. The van der Waals surface area contributed by atoms with Crippen molar-refractivity contribution in [2.24, 2.45) is 5.92 Å². The third-order valence-electron chi connectivity index (χ3n) is 11.1. The molecule has 224 valence electrons. The van der Waals surface area contributed by atoms with Crippen molar-refractivity contribution in [3.8, 4) is 0 Å². The SMILES string of the molecule is Cc1nc2ccccc2n1C1C[C@H]2CC[C@@H](C1)N2CCC1(c2ccccc2)CCN(C(=O)C(C)Cc2ccccc2)CC1. The lowest BCUT2D eigenvalue weighted by molar-refractivity contribution is -0.136. The van der Waals surface area contributed by atoms with Gasteiger partial charge in [0.15, 0.2) is 0 Å². The van der Waals surface area contributed by atoms with E-state index in [0.29, 0.717) is 24.0 Å². The van der Waals surface area contributed by atoms with Gasteiger partial charge in [-0.2, -0.15) is 0 Å². The van der Waals surface area contributed by atoms with Crippen LogP contribution in [0.4, 0.5) is 0 Å². The number of amides is 1. The van der Waals surface area contributed by atoms with Gasteiger partial charge >= 0.3 is 0 Å². The molecule has 2 bridgehead atoms. The van der Waals surface area contributed by atoms with Crippen LogP contribution in [-0.4, -0.2) is 57.0 Å². The molecule has 5 nitrogen and oxygen atoms in total. The summed E-state index contributed by atoms with van der Waals surface area (Å²) in [6.45, 7) is 7.14. The summed E-state index contributed by atoms with van der Waals surface area (Å²) < 4.78 is 2.54. The van der Waals surface area contributed by atoms with Crippen molar-refractivity contribution in [1.82, 2.24) is 19.4 Å². The molecule has 0 radical (unpaired) electrons. The molecule has 2 unspecified atom stereocenters. The van der Waals surface area contributed by atoms with E-state index >= 15 is 0 Å². The lowest BCUT2D eigenvalue weighted by Crippen LogP contribution is -2.49. The predicted octanol–water partition coefficient (Wildman–Crippen LogP) is 7.34. The Hall–Kier alpha value is -3.44. The number of hydrogen-bond donors (Lipinski definition) is 0. The summed E-state index contributed by atoms with van der Waals surface area (Å²) in [5, 5.41) is 0. The molecule has 1 amide bonds. The first kappa shape index (κ1) is 28.3. The zero-order valence-corrected chi connectivity index (χ0v) is 25.9. The van der Waals surface area contributed by atoms with Crippen molar-refractivity contribution >= 4 is 16.9 Å². The molecular weight excluding hydrogens is 528 g/mol. The van der Waals surface area contributed by atoms with Gasteiger partial charge in [0.05, 0.1) is 11.0 Å². The minimum atomic E-state index is 0.0137. The summed E-state index contributed by atoms with van der Waals surface area (Å²) in [6.07, 6.45) is 9.14. The molecule has 3 aliphatic heterocycles. The summed E-state index contributed by atoms with van der Waals surface area (Å²) in [5.74, 6) is 1.48. The Labute approximate surface area is 256 Å². The maximum atomic E-state index is 13.5. The smallest absolute Gasteiger partial charge is 0.225 e. The van der Waals surface area contributed by atoms with Crippen molar-refractivity contribution in [2.75, 3.05) is 19.6 Å². The van der Waals surface area contributed by atoms with Crippen LogP contribution in [0.3, 0.4) is 0 Å². The highest BCUT2D eigenvalue weighted by Crippen LogP contribution is 2.45. The van der Waals surface area contributed by atoms with E-state index in [4.69, 9.17) is 4.98 Å². The molecule has 3 saturated heterocycles. The van der Waals surface area contributed by atoms with Crippen LogP contribution in [0.2, 0.25) is 0 Å². The second kappa shape index (κ2) is 11.9. The molecule has 4 heterocycles. The summed E-state index contributed by atoms with van der Waals surface area (Å²) in [6, 6.07) is 32.1. The van der Waals surface area contributed by atoms with Gasteiger partial charge in [-0.15, -0.1) is 0 Å². The molecule has 5 heteroatoms. The summed E-state index contributed by atoms with van der Waals surface area (Å²) in [4.78, 5) is 23.4. The van der Waals surface area contributed by atoms with E-state index in [0.717, 1.165) is 50.2 Å². The number of para-hydroxylation sites is 2. The second-order valence-electron chi connectivity index (χ2n) is 13.6. The first-order chi connectivity index (χ1) is 21.0. The number of aromatic nitrogens is 2. The topological polar surface area (TPSA) is 41.4 Å². The molecule has 43 heavy (non-hydrogen) atoms. The van der Waals surface area contributed by atoms with Crippen LogP contribution in [0.15, 0.2) is 84.9 Å². The van der Waals surface area contributed by atoms with Crippen LogP contribution in [0.5, 0.6) is 0 Å². The molecule has 3 fully saturated rings. The first-order valence-corrected chi connectivity index (χ1v) is 16.6. The Bertz CT molecular complexity index is 1520. The van der Waals surface area contributed by atoms with Gasteiger partial charge < -0.3 is 9.47 Å². The molecular formula is C38H46N4O. The number of imidazole rings is 1. The number of carbonyl (C=O) groups excluding carboxylic acids is 1. The zero-order chi connectivity index (χ0) is 29.4.